The van der Waals surface area contributed by atoms with Crippen molar-refractivity contribution in [2.45, 2.75) is 53.2 Å². The number of nitrogens with zero attached hydrogens (tertiary/aromatic N) is 1. The van der Waals surface area contributed by atoms with Gasteiger partial charge in [0.05, 0.1) is 16.6 Å². The first-order valence-electron chi connectivity index (χ1n) is 10.7. The van der Waals surface area contributed by atoms with Gasteiger partial charge in [-0.15, -0.1) is 11.3 Å². The normalized spacial score (nSPS) is 14.4. The monoisotopic (exact) mass is 755 g/mol. The largest absolute Gasteiger partial charge is 0.515 e. The number of carbonyl (C=O) groups is 4. The molecule has 19 heteroatoms. The first-order chi connectivity index (χ1) is 17.7. The van der Waals surface area contributed by atoms with Crippen LogP contribution in [0.4, 0.5) is 20.1 Å². The second-order valence-corrected chi connectivity index (χ2v) is 15.3. The third-order valence-electron chi connectivity index (χ3n) is 4.20. The van der Waals surface area contributed by atoms with Crippen LogP contribution in [0.15, 0.2) is 9.85 Å². The molecule has 0 atom stereocenters. The first-order valence-corrected chi connectivity index (χ1v) is 14.6. The summed E-state index contributed by atoms with van der Waals surface area (Å²) in [6, 6.07) is 1.19. The molecule has 0 saturated carbocycles. The number of likely N-dealkylation sites (tertiary alicyclic amines) is 1. The molecular formula is C20H24BrCl6N3O8S. The van der Waals surface area contributed by atoms with Gasteiger partial charge in [0.1, 0.15) is 10.5 Å². The highest BCUT2D eigenvalue weighted by molar-refractivity contribution is 9.11. The van der Waals surface area contributed by atoms with Crippen LogP contribution in [0.1, 0.15) is 43.3 Å². The standard InChI is InChI=1S/C17H24BrN3O5S.C3Cl6O3/c1-17(2,3)26-16(24)21-7-5-10(6-8-21)19-15(23)20-11-9-12(18)27-13(11)14(22)25-4;4-2(5,6)11-1(10)12-3(7,8)9/h9-10H,5-8H2,1-4H3,(H2,19,20,23);. The number of nitrogens with one attached hydrogen (secondary N) is 2. The van der Waals surface area contributed by atoms with E-state index in [4.69, 9.17) is 79.1 Å². The lowest BCUT2D eigenvalue weighted by Gasteiger charge is -2.33. The predicted octanol–water partition coefficient (Wildman–Crippen LogP) is 7.61. The highest BCUT2D eigenvalue weighted by Crippen LogP contribution is 2.33. The molecule has 1 aromatic heterocycles. The number of alkyl halides is 6. The summed E-state index contributed by atoms with van der Waals surface area (Å²) >= 11 is 34.7. The number of hydrogen-bond donors (Lipinski definition) is 2. The summed E-state index contributed by atoms with van der Waals surface area (Å²) < 4.78 is 14.3. The average Bonchev–Trinajstić information content (AvgIpc) is 3.09. The van der Waals surface area contributed by atoms with Gasteiger partial charge in [0, 0.05) is 19.1 Å². The lowest BCUT2D eigenvalue weighted by molar-refractivity contribution is 0.0201. The minimum Gasteiger partial charge on any atom is -0.465 e. The highest BCUT2D eigenvalue weighted by Gasteiger charge is 2.32. The Morgan fingerprint density at radius 2 is 1.49 bits per heavy atom. The van der Waals surface area contributed by atoms with Crippen LogP contribution in [-0.2, 0) is 18.9 Å². The number of hydrogen-bond acceptors (Lipinski definition) is 9. The molecule has 2 heterocycles. The predicted molar refractivity (Wildman–Crippen MR) is 154 cm³/mol. The third kappa shape index (κ3) is 15.7. The van der Waals surface area contributed by atoms with Crippen LogP contribution in [0, 0.1) is 0 Å². The Labute approximate surface area is 267 Å². The van der Waals surface area contributed by atoms with E-state index >= 15 is 0 Å². The van der Waals surface area contributed by atoms with Gasteiger partial charge in [-0.3, -0.25) is 0 Å². The Hall–Kier alpha value is -0.800. The van der Waals surface area contributed by atoms with E-state index in [1.54, 1.807) is 11.0 Å². The van der Waals surface area contributed by atoms with E-state index in [1.807, 2.05) is 20.8 Å². The summed E-state index contributed by atoms with van der Waals surface area (Å²) in [4.78, 5) is 48.6. The molecule has 1 aliphatic heterocycles. The van der Waals surface area contributed by atoms with Gasteiger partial charge in [0.2, 0.25) is 0 Å². The van der Waals surface area contributed by atoms with Gasteiger partial charge in [-0.05, 0) is 125 Å². The lowest BCUT2D eigenvalue weighted by atomic mass is 10.1. The van der Waals surface area contributed by atoms with Crippen molar-refractivity contribution in [3.63, 3.8) is 0 Å². The zero-order chi connectivity index (χ0) is 30.2. The number of piperidine rings is 1. The van der Waals surface area contributed by atoms with E-state index in [0.717, 1.165) is 0 Å². The van der Waals surface area contributed by atoms with Gasteiger partial charge in [-0.25, -0.2) is 19.2 Å². The second kappa shape index (κ2) is 15.4. The number of anilines is 1. The third-order valence-corrected chi connectivity index (χ3v) is 6.28. The van der Waals surface area contributed by atoms with Gasteiger partial charge < -0.3 is 34.5 Å². The van der Waals surface area contributed by atoms with Gasteiger partial charge in [0.25, 0.3) is 0 Å². The molecule has 222 valence electrons. The van der Waals surface area contributed by atoms with Gasteiger partial charge in [-0.1, -0.05) is 0 Å². The van der Waals surface area contributed by atoms with E-state index in [9.17, 15) is 19.2 Å². The van der Waals surface area contributed by atoms with Crippen LogP contribution in [0.25, 0.3) is 0 Å². The Morgan fingerprint density at radius 1 is 0.974 bits per heavy atom. The minimum atomic E-state index is -2.24. The van der Waals surface area contributed by atoms with Crippen molar-refractivity contribution in [1.29, 1.82) is 0 Å². The Morgan fingerprint density at radius 3 is 1.92 bits per heavy atom. The topological polar surface area (TPSA) is 132 Å². The van der Waals surface area contributed by atoms with Crippen molar-refractivity contribution in [2.24, 2.45) is 0 Å². The summed E-state index contributed by atoms with van der Waals surface area (Å²) in [7, 11) is 1.29. The molecule has 0 bridgehead atoms. The van der Waals surface area contributed by atoms with Crippen LogP contribution < -0.4 is 10.6 Å². The molecule has 11 nitrogen and oxygen atoms in total. The second-order valence-electron chi connectivity index (χ2n) is 8.47. The Kier molecular flexibility index (Phi) is 14.3. The van der Waals surface area contributed by atoms with Crippen LogP contribution in [0.5, 0.6) is 0 Å². The lowest BCUT2D eigenvalue weighted by Crippen LogP contribution is -2.48. The fourth-order valence-electron chi connectivity index (χ4n) is 2.78. The van der Waals surface area contributed by atoms with E-state index in [2.05, 4.69) is 36.0 Å². The quantitative estimate of drug-likeness (QED) is 0.183. The molecular weight excluding hydrogens is 735 g/mol. The van der Waals surface area contributed by atoms with E-state index < -0.39 is 31.7 Å². The number of carbonyl (C=O) groups excluding carboxylic acids is 4. The van der Waals surface area contributed by atoms with E-state index in [-0.39, 0.29) is 12.1 Å². The molecule has 0 unspecified atom stereocenters. The molecule has 0 aliphatic carbocycles. The number of thiophene rings is 1. The zero-order valence-electron chi connectivity index (χ0n) is 20.8. The maximum Gasteiger partial charge on any atom is 0.515 e. The maximum atomic E-state index is 12.3. The summed E-state index contributed by atoms with van der Waals surface area (Å²) in [6.07, 6.45) is -0.487. The Balaban J connectivity index is 0.000000534. The first kappa shape index (κ1) is 36.2. The molecule has 1 aromatic rings. The fraction of sp³-hybridized carbons (Fsp3) is 0.600. The average molecular weight is 759 g/mol. The number of esters is 1. The van der Waals surface area contributed by atoms with Crippen molar-refractivity contribution >= 4 is 127 Å². The van der Waals surface area contributed by atoms with Crippen LogP contribution in [0.2, 0.25) is 0 Å². The van der Waals surface area contributed by atoms with Crippen LogP contribution >= 0.6 is 96.9 Å². The molecule has 39 heavy (non-hydrogen) atoms. The molecule has 0 spiro atoms. The van der Waals surface area contributed by atoms with Crippen molar-refractivity contribution in [1.82, 2.24) is 10.2 Å². The fourth-order valence-corrected chi connectivity index (χ4v) is 4.64. The SMILES string of the molecule is COC(=O)c1sc(Br)cc1NC(=O)NC1CCN(C(=O)OC(C)(C)C)CC1.O=C(OC(Cl)(Cl)Cl)OC(Cl)(Cl)Cl. The van der Waals surface area contributed by atoms with Gasteiger partial charge in [-0.2, -0.15) is 0 Å². The minimum absolute atomic E-state index is 0.0626. The molecule has 1 aliphatic rings. The summed E-state index contributed by atoms with van der Waals surface area (Å²) in [6.45, 7) is 6.51. The Bertz CT molecular complexity index is 1000. The number of ether oxygens (including phenoxy) is 4. The number of methoxy groups -OCH3 is 1. The maximum absolute atomic E-state index is 12.3. The van der Waals surface area contributed by atoms with Crippen molar-refractivity contribution in [2.75, 3.05) is 25.5 Å². The van der Waals surface area contributed by atoms with Crippen LogP contribution in [0.3, 0.4) is 0 Å². The van der Waals surface area contributed by atoms with Gasteiger partial charge in [0.15, 0.2) is 0 Å². The van der Waals surface area contributed by atoms with Gasteiger partial charge >= 0.3 is 32.2 Å². The summed E-state index contributed by atoms with van der Waals surface area (Å²) in [5.74, 6) is -0.508. The molecule has 0 radical (unpaired) electrons. The van der Waals surface area contributed by atoms with E-state index in [0.29, 0.717) is 40.3 Å². The molecule has 1 fully saturated rings. The summed E-state index contributed by atoms with van der Waals surface area (Å²) in [5, 5.41) is 5.56. The zero-order valence-corrected chi connectivity index (χ0v) is 27.7. The molecule has 3 amide bonds. The smallest absolute Gasteiger partial charge is 0.465 e. The number of amides is 3. The number of halogens is 7. The number of urea groups is 1. The van der Waals surface area contributed by atoms with Crippen molar-refractivity contribution in [3.8, 4) is 0 Å². The molecule has 1 saturated heterocycles. The summed E-state index contributed by atoms with van der Waals surface area (Å²) in [5.41, 5.74) is -0.138. The van der Waals surface area contributed by atoms with Crippen molar-refractivity contribution in [3.05, 3.63) is 14.7 Å². The molecule has 0 aromatic carbocycles. The number of rotatable bonds is 3. The highest BCUT2D eigenvalue weighted by atomic mass is 79.9. The van der Waals surface area contributed by atoms with E-state index in [1.165, 1.54) is 18.4 Å². The molecule has 2 N–H and O–H groups in total. The molecule has 2 rings (SSSR count). The van der Waals surface area contributed by atoms with Crippen LogP contribution in [-0.4, -0.2) is 68.9 Å². The van der Waals surface area contributed by atoms with Crippen molar-refractivity contribution < 1.29 is 38.1 Å².